The number of benzene rings is 2. The van der Waals surface area contributed by atoms with Crippen LogP contribution < -0.4 is 20.1 Å². The van der Waals surface area contributed by atoms with Crippen molar-refractivity contribution in [2.75, 3.05) is 20.8 Å². The van der Waals surface area contributed by atoms with E-state index in [-0.39, 0.29) is 29.4 Å². The van der Waals surface area contributed by atoms with Crippen LogP contribution in [-0.4, -0.2) is 26.8 Å². The molecule has 0 bridgehead atoms. The Labute approximate surface area is 194 Å². The summed E-state index contributed by atoms with van der Waals surface area (Å²) < 4.78 is 53.2. The predicted molar refractivity (Wildman–Crippen MR) is 122 cm³/mol. The van der Waals surface area contributed by atoms with Crippen molar-refractivity contribution in [3.8, 4) is 11.5 Å². The van der Waals surface area contributed by atoms with Gasteiger partial charge in [-0.25, -0.2) is 8.78 Å². The Bertz CT molecular complexity index is 934. The van der Waals surface area contributed by atoms with Crippen molar-refractivity contribution < 1.29 is 22.6 Å². The zero-order valence-corrected chi connectivity index (χ0v) is 20.0. The molecule has 1 saturated heterocycles. The van der Waals surface area contributed by atoms with Gasteiger partial charge in [0.1, 0.15) is 5.75 Å². The van der Waals surface area contributed by atoms with Crippen molar-refractivity contribution >= 4 is 12.4 Å². The molecule has 2 N–H and O–H groups in total. The first-order valence-electron chi connectivity index (χ1n) is 10.5. The van der Waals surface area contributed by atoms with Gasteiger partial charge in [-0.1, -0.05) is 32.9 Å². The van der Waals surface area contributed by atoms with Crippen molar-refractivity contribution in [3.05, 3.63) is 58.4 Å². The first kappa shape index (κ1) is 26.3. The Balaban J connectivity index is 0.00000363. The van der Waals surface area contributed by atoms with Crippen LogP contribution in [0.1, 0.15) is 56.3 Å². The molecule has 0 spiro atoms. The third-order valence-corrected chi connectivity index (χ3v) is 5.84. The third kappa shape index (κ3) is 5.50. The van der Waals surface area contributed by atoms with E-state index >= 15 is 0 Å². The van der Waals surface area contributed by atoms with E-state index in [9.17, 15) is 13.2 Å². The molecule has 1 fully saturated rings. The van der Waals surface area contributed by atoms with Gasteiger partial charge in [-0.3, -0.25) is 0 Å². The van der Waals surface area contributed by atoms with Crippen molar-refractivity contribution in [2.45, 2.75) is 57.7 Å². The summed E-state index contributed by atoms with van der Waals surface area (Å²) in [6, 6.07) is 6.34. The molecular weight excluding hydrogens is 441 g/mol. The SMILES string of the molecule is COc1ccc(C(C)(C)C)cc1CNC1CCCNC1c1cc(F)c(F)c(OC)c1F.Cl. The fraction of sp³-hybridized carbons (Fsp3) is 0.500. The molecule has 1 aliphatic heterocycles. The summed E-state index contributed by atoms with van der Waals surface area (Å²) in [5.41, 5.74) is 2.21. The van der Waals surface area contributed by atoms with Gasteiger partial charge in [0.2, 0.25) is 5.82 Å². The maximum atomic E-state index is 14.9. The number of nitrogens with one attached hydrogen (secondary N) is 2. The predicted octanol–water partition coefficient (Wildman–Crippen LogP) is 5.42. The van der Waals surface area contributed by atoms with E-state index in [1.807, 2.05) is 6.07 Å². The van der Waals surface area contributed by atoms with Crippen molar-refractivity contribution in [1.82, 2.24) is 10.6 Å². The molecule has 0 radical (unpaired) electrons. The van der Waals surface area contributed by atoms with Gasteiger partial charge in [0.15, 0.2) is 17.4 Å². The van der Waals surface area contributed by atoms with Crippen LogP contribution in [0.3, 0.4) is 0 Å². The molecule has 178 valence electrons. The quantitative estimate of drug-likeness (QED) is 0.551. The largest absolute Gasteiger partial charge is 0.496 e. The average molecular weight is 473 g/mol. The van der Waals surface area contributed by atoms with Crippen LogP contribution >= 0.6 is 12.4 Å². The van der Waals surface area contributed by atoms with Gasteiger partial charge in [0.25, 0.3) is 0 Å². The number of ether oxygens (including phenoxy) is 2. The summed E-state index contributed by atoms with van der Waals surface area (Å²) in [4.78, 5) is 0. The summed E-state index contributed by atoms with van der Waals surface area (Å²) in [6.45, 7) is 7.59. The summed E-state index contributed by atoms with van der Waals surface area (Å²) in [7, 11) is 2.76. The molecule has 1 aliphatic rings. The Morgan fingerprint density at radius 1 is 1.06 bits per heavy atom. The Hall–Kier alpha value is -1.96. The minimum absolute atomic E-state index is 0. The molecule has 2 aromatic rings. The van der Waals surface area contributed by atoms with Crippen molar-refractivity contribution in [3.63, 3.8) is 0 Å². The number of halogens is 4. The maximum absolute atomic E-state index is 14.9. The molecule has 2 unspecified atom stereocenters. The second-order valence-electron chi connectivity index (χ2n) is 8.95. The number of hydrogen-bond donors (Lipinski definition) is 2. The molecule has 3 rings (SSSR count). The van der Waals surface area contributed by atoms with Crippen LogP contribution in [0.2, 0.25) is 0 Å². The lowest BCUT2D eigenvalue weighted by atomic mass is 9.86. The van der Waals surface area contributed by atoms with Crippen LogP contribution in [0.5, 0.6) is 11.5 Å². The van der Waals surface area contributed by atoms with Crippen molar-refractivity contribution in [2.24, 2.45) is 0 Å². The van der Waals surface area contributed by atoms with Crippen LogP contribution in [0.4, 0.5) is 13.2 Å². The summed E-state index contributed by atoms with van der Waals surface area (Å²) >= 11 is 0. The number of piperidine rings is 1. The summed E-state index contributed by atoms with van der Waals surface area (Å²) in [5, 5.41) is 6.72. The Morgan fingerprint density at radius 2 is 1.78 bits per heavy atom. The molecule has 0 saturated carbocycles. The second kappa shape index (κ2) is 10.8. The van der Waals surface area contributed by atoms with Crippen LogP contribution in [0.15, 0.2) is 24.3 Å². The molecule has 32 heavy (non-hydrogen) atoms. The zero-order valence-electron chi connectivity index (χ0n) is 19.2. The fourth-order valence-corrected chi connectivity index (χ4v) is 4.06. The van der Waals surface area contributed by atoms with Gasteiger partial charge in [0, 0.05) is 23.7 Å². The van der Waals surface area contributed by atoms with Crippen LogP contribution in [0.25, 0.3) is 0 Å². The maximum Gasteiger partial charge on any atom is 0.203 e. The van der Waals surface area contributed by atoms with E-state index in [4.69, 9.17) is 9.47 Å². The molecule has 0 aromatic heterocycles. The minimum Gasteiger partial charge on any atom is -0.496 e. The number of rotatable bonds is 6. The van der Waals surface area contributed by atoms with Gasteiger partial charge in [-0.15, -0.1) is 12.4 Å². The molecule has 2 aromatic carbocycles. The Morgan fingerprint density at radius 3 is 2.41 bits per heavy atom. The van der Waals surface area contributed by atoms with Crippen molar-refractivity contribution in [1.29, 1.82) is 0 Å². The average Bonchev–Trinajstić information content (AvgIpc) is 2.74. The highest BCUT2D eigenvalue weighted by atomic mass is 35.5. The van der Waals surface area contributed by atoms with E-state index < -0.39 is 29.2 Å². The van der Waals surface area contributed by atoms with Crippen LogP contribution in [0, 0.1) is 17.5 Å². The van der Waals surface area contributed by atoms with Gasteiger partial charge in [-0.2, -0.15) is 4.39 Å². The monoisotopic (exact) mass is 472 g/mol. The second-order valence-corrected chi connectivity index (χ2v) is 8.95. The van der Waals surface area contributed by atoms with Crippen LogP contribution in [-0.2, 0) is 12.0 Å². The standard InChI is InChI=1S/C24H31F3N2O2.ClH/c1-24(2,3)15-8-9-19(30-4)14(11-15)13-29-18-7-6-10-28-22(18)16-12-17(25)21(27)23(31-5)20(16)26;/h8-9,11-12,18,22,28-29H,6-7,10,13H2,1-5H3;1H. The van der Waals surface area contributed by atoms with E-state index in [0.717, 1.165) is 37.3 Å². The van der Waals surface area contributed by atoms with Gasteiger partial charge >= 0.3 is 0 Å². The van der Waals surface area contributed by atoms with E-state index in [1.54, 1.807) is 7.11 Å². The first-order chi connectivity index (χ1) is 14.7. The topological polar surface area (TPSA) is 42.5 Å². The normalized spacial score (nSPS) is 18.8. The number of hydrogen-bond acceptors (Lipinski definition) is 4. The smallest absolute Gasteiger partial charge is 0.203 e. The lowest BCUT2D eigenvalue weighted by Gasteiger charge is -2.34. The van der Waals surface area contributed by atoms with Gasteiger partial charge in [0.05, 0.1) is 20.3 Å². The minimum atomic E-state index is -1.31. The van der Waals surface area contributed by atoms with Gasteiger partial charge < -0.3 is 20.1 Å². The molecule has 2 atom stereocenters. The van der Waals surface area contributed by atoms with E-state index in [2.05, 4.69) is 43.5 Å². The molecule has 1 heterocycles. The highest BCUT2D eigenvalue weighted by molar-refractivity contribution is 5.85. The highest BCUT2D eigenvalue weighted by Gasteiger charge is 2.32. The molecule has 4 nitrogen and oxygen atoms in total. The molecule has 8 heteroatoms. The van der Waals surface area contributed by atoms with E-state index in [1.165, 1.54) is 5.56 Å². The lowest BCUT2D eigenvalue weighted by molar-refractivity contribution is 0.287. The molecule has 0 aliphatic carbocycles. The summed E-state index contributed by atoms with van der Waals surface area (Å²) in [5.74, 6) is -3.24. The number of methoxy groups -OCH3 is 2. The zero-order chi connectivity index (χ0) is 22.8. The molecule has 0 amide bonds. The third-order valence-electron chi connectivity index (χ3n) is 5.84. The molecular formula is C24H32ClF3N2O2. The lowest BCUT2D eigenvalue weighted by Crippen LogP contribution is -2.46. The summed E-state index contributed by atoms with van der Waals surface area (Å²) in [6.07, 6.45) is 1.65. The first-order valence-corrected chi connectivity index (χ1v) is 10.5. The van der Waals surface area contributed by atoms with Gasteiger partial charge in [-0.05, 0) is 42.5 Å². The fourth-order valence-electron chi connectivity index (χ4n) is 4.06. The Kier molecular flexibility index (Phi) is 8.85. The highest BCUT2D eigenvalue weighted by Crippen LogP contribution is 2.34. The van der Waals surface area contributed by atoms with E-state index in [0.29, 0.717) is 13.1 Å².